The van der Waals surface area contributed by atoms with Crippen molar-refractivity contribution in [3.05, 3.63) is 54.8 Å². The molecule has 1 N–H and O–H groups in total. The lowest BCUT2D eigenvalue weighted by Gasteiger charge is -2.33. The summed E-state index contributed by atoms with van der Waals surface area (Å²) in [6.07, 6.45) is 1.52. The Kier molecular flexibility index (Phi) is 4.78. The van der Waals surface area contributed by atoms with Crippen molar-refractivity contribution in [1.82, 2.24) is 20.2 Å². The topological polar surface area (TPSA) is 91.2 Å². The molecule has 0 spiro atoms. The zero-order valence-electron chi connectivity index (χ0n) is 13.9. The third-order valence-electron chi connectivity index (χ3n) is 3.85. The maximum atomic E-state index is 12.7. The van der Waals surface area contributed by atoms with Gasteiger partial charge in [0.25, 0.3) is 0 Å². The average Bonchev–Trinajstić information content (AvgIpc) is 3.07. The molecule has 0 saturated carbocycles. The summed E-state index contributed by atoms with van der Waals surface area (Å²) in [7, 11) is 0. The molecule has 0 amide bonds. The summed E-state index contributed by atoms with van der Waals surface area (Å²) >= 11 is 0. The van der Waals surface area contributed by atoms with Crippen LogP contribution < -0.4 is 10.1 Å². The number of ether oxygens (including phenoxy) is 2. The lowest BCUT2D eigenvalue weighted by Crippen LogP contribution is -2.38. The molecule has 8 heteroatoms. The second-order valence-corrected chi connectivity index (χ2v) is 5.41. The number of esters is 1. The number of anilines is 1. The molecule has 1 aromatic heterocycles. The quantitative estimate of drug-likeness (QED) is 0.634. The number of nitrogens with zero attached hydrogens (tertiary/aromatic N) is 4. The summed E-state index contributed by atoms with van der Waals surface area (Å²) in [5.74, 6) is -0.0749. The first kappa shape index (κ1) is 16.7. The molecule has 0 aliphatic carbocycles. The van der Waals surface area contributed by atoms with Gasteiger partial charge in [-0.25, -0.2) is 4.68 Å². The van der Waals surface area contributed by atoms with Crippen LogP contribution >= 0.6 is 0 Å². The van der Waals surface area contributed by atoms with Crippen molar-refractivity contribution in [3.63, 3.8) is 0 Å². The van der Waals surface area contributed by atoms with Crippen LogP contribution in [0, 0.1) is 5.92 Å². The van der Waals surface area contributed by atoms with Crippen LogP contribution in [0.25, 0.3) is 0 Å². The van der Waals surface area contributed by atoms with Crippen LogP contribution in [-0.2, 0) is 9.53 Å². The van der Waals surface area contributed by atoms with E-state index in [1.54, 1.807) is 4.68 Å². The standard InChI is InChI=1S/C17H19N5O3/c1-4-10-25-16(23)14-11(3)18-17-19-20-21-22(17)15(14)12-8-6-7-9-13(12)24-5-2/h4,6-9,14-15H,1,3,5,10H2,2H3,(H,18,19,21). The Bertz CT molecular complexity index is 801. The van der Waals surface area contributed by atoms with Crippen molar-refractivity contribution in [2.75, 3.05) is 18.5 Å². The van der Waals surface area contributed by atoms with Gasteiger partial charge in [-0.2, -0.15) is 0 Å². The second kappa shape index (κ2) is 7.16. The fraction of sp³-hybridized carbons (Fsp3) is 0.294. The van der Waals surface area contributed by atoms with Gasteiger partial charge in [0.2, 0.25) is 5.95 Å². The monoisotopic (exact) mass is 341 g/mol. The number of fused-ring (bicyclic) bond motifs is 1. The Labute approximate surface area is 145 Å². The molecule has 0 fully saturated rings. The predicted octanol–water partition coefficient (Wildman–Crippen LogP) is 1.95. The van der Waals surface area contributed by atoms with Crippen LogP contribution in [0.1, 0.15) is 18.5 Å². The Balaban J connectivity index is 2.10. The first-order chi connectivity index (χ1) is 12.2. The SMILES string of the molecule is C=CCOC(=O)C1C(=C)Nc2nnnn2C1c1ccccc1OCC. The van der Waals surface area contributed by atoms with Gasteiger partial charge in [0.15, 0.2) is 0 Å². The second-order valence-electron chi connectivity index (χ2n) is 5.41. The zero-order chi connectivity index (χ0) is 17.8. The van der Waals surface area contributed by atoms with Crippen molar-refractivity contribution in [2.24, 2.45) is 5.92 Å². The van der Waals surface area contributed by atoms with Gasteiger partial charge in [-0.3, -0.25) is 4.79 Å². The summed E-state index contributed by atoms with van der Waals surface area (Å²) in [5.41, 5.74) is 1.24. The van der Waals surface area contributed by atoms with Crippen molar-refractivity contribution in [1.29, 1.82) is 0 Å². The van der Waals surface area contributed by atoms with Crippen LogP contribution in [0.2, 0.25) is 0 Å². The van der Waals surface area contributed by atoms with Crippen molar-refractivity contribution in [3.8, 4) is 5.75 Å². The van der Waals surface area contributed by atoms with Crippen LogP contribution in [0.5, 0.6) is 5.75 Å². The predicted molar refractivity (Wildman–Crippen MR) is 91.0 cm³/mol. The zero-order valence-corrected chi connectivity index (χ0v) is 13.9. The number of para-hydroxylation sites is 1. The first-order valence-electron chi connectivity index (χ1n) is 7.90. The number of hydrogen-bond acceptors (Lipinski definition) is 7. The summed E-state index contributed by atoms with van der Waals surface area (Å²) in [4.78, 5) is 12.7. The van der Waals surface area contributed by atoms with E-state index in [0.717, 1.165) is 5.56 Å². The number of carbonyl (C=O) groups is 1. The summed E-state index contributed by atoms with van der Waals surface area (Å²) < 4.78 is 12.5. The lowest BCUT2D eigenvalue weighted by molar-refractivity contribution is -0.147. The lowest BCUT2D eigenvalue weighted by atomic mass is 9.88. The van der Waals surface area contributed by atoms with E-state index < -0.39 is 17.9 Å². The molecule has 2 heterocycles. The molecule has 1 aromatic carbocycles. The van der Waals surface area contributed by atoms with Gasteiger partial charge in [-0.05, 0) is 23.4 Å². The highest BCUT2D eigenvalue weighted by molar-refractivity contribution is 5.79. The number of nitrogens with one attached hydrogen (secondary N) is 1. The van der Waals surface area contributed by atoms with Gasteiger partial charge in [0, 0.05) is 11.3 Å². The molecule has 0 bridgehead atoms. The highest BCUT2D eigenvalue weighted by atomic mass is 16.5. The third kappa shape index (κ3) is 3.10. The number of rotatable bonds is 6. The minimum absolute atomic E-state index is 0.116. The van der Waals surface area contributed by atoms with Crippen molar-refractivity contribution < 1.29 is 14.3 Å². The molecular formula is C17H19N5O3. The van der Waals surface area contributed by atoms with Gasteiger partial charge in [-0.1, -0.05) is 42.5 Å². The van der Waals surface area contributed by atoms with Gasteiger partial charge >= 0.3 is 5.97 Å². The fourth-order valence-electron chi connectivity index (χ4n) is 2.84. The Hall–Kier alpha value is -3.16. The summed E-state index contributed by atoms with van der Waals surface area (Å²) in [6.45, 7) is 10.0. The number of benzene rings is 1. The molecule has 130 valence electrons. The van der Waals surface area contributed by atoms with Gasteiger partial charge < -0.3 is 14.8 Å². The van der Waals surface area contributed by atoms with Gasteiger partial charge in [0.1, 0.15) is 24.3 Å². The van der Waals surface area contributed by atoms with Gasteiger partial charge in [0.05, 0.1) is 6.61 Å². The largest absolute Gasteiger partial charge is 0.494 e. The Morgan fingerprint density at radius 2 is 2.24 bits per heavy atom. The highest BCUT2D eigenvalue weighted by Gasteiger charge is 2.42. The third-order valence-corrected chi connectivity index (χ3v) is 3.85. The molecule has 1 aliphatic heterocycles. The normalized spacial score (nSPS) is 18.8. The highest BCUT2D eigenvalue weighted by Crippen LogP contribution is 2.40. The molecule has 0 radical (unpaired) electrons. The van der Waals surface area contributed by atoms with E-state index in [2.05, 4.69) is 34.0 Å². The van der Waals surface area contributed by atoms with Crippen LogP contribution in [0.4, 0.5) is 5.95 Å². The first-order valence-corrected chi connectivity index (χ1v) is 7.90. The minimum Gasteiger partial charge on any atom is -0.494 e. The van der Waals surface area contributed by atoms with E-state index in [9.17, 15) is 4.79 Å². The van der Waals surface area contributed by atoms with Crippen molar-refractivity contribution in [2.45, 2.75) is 13.0 Å². The van der Waals surface area contributed by atoms with Crippen LogP contribution in [0.3, 0.4) is 0 Å². The smallest absolute Gasteiger partial charge is 0.317 e. The van der Waals surface area contributed by atoms with E-state index in [-0.39, 0.29) is 6.61 Å². The minimum atomic E-state index is -0.711. The van der Waals surface area contributed by atoms with Crippen LogP contribution in [0.15, 0.2) is 49.2 Å². The van der Waals surface area contributed by atoms with Gasteiger partial charge in [-0.15, -0.1) is 0 Å². The number of carbonyl (C=O) groups excluding carboxylic acids is 1. The average molecular weight is 341 g/mol. The molecule has 25 heavy (non-hydrogen) atoms. The summed E-state index contributed by atoms with van der Waals surface area (Å²) in [6, 6.07) is 6.95. The van der Waals surface area contributed by atoms with Crippen molar-refractivity contribution >= 4 is 11.9 Å². The molecule has 8 nitrogen and oxygen atoms in total. The molecule has 3 rings (SSSR count). The van der Waals surface area contributed by atoms with E-state index in [1.165, 1.54) is 6.08 Å². The molecule has 2 atom stereocenters. The maximum absolute atomic E-state index is 12.7. The van der Waals surface area contributed by atoms with Crippen LogP contribution in [-0.4, -0.2) is 39.4 Å². The maximum Gasteiger partial charge on any atom is 0.317 e. The number of tetrazole rings is 1. The van der Waals surface area contributed by atoms with E-state index in [0.29, 0.717) is 24.0 Å². The van der Waals surface area contributed by atoms with E-state index in [1.807, 2.05) is 31.2 Å². The molecule has 2 unspecified atom stereocenters. The Morgan fingerprint density at radius 3 is 3.00 bits per heavy atom. The molecule has 0 saturated heterocycles. The van der Waals surface area contributed by atoms with E-state index >= 15 is 0 Å². The fourth-order valence-corrected chi connectivity index (χ4v) is 2.84. The number of hydrogen-bond donors (Lipinski definition) is 1. The van der Waals surface area contributed by atoms with E-state index in [4.69, 9.17) is 9.47 Å². The summed E-state index contributed by atoms with van der Waals surface area (Å²) in [5, 5.41) is 14.6. The molecule has 2 aromatic rings. The Morgan fingerprint density at radius 1 is 1.44 bits per heavy atom. The molecular weight excluding hydrogens is 322 g/mol. The molecule has 1 aliphatic rings. The number of aromatic nitrogens is 4.